The number of hydrogen-bond donors (Lipinski definition) is 3. The first-order chi connectivity index (χ1) is 18.1. The van der Waals surface area contributed by atoms with Crippen molar-refractivity contribution in [1.29, 1.82) is 0 Å². The van der Waals surface area contributed by atoms with Crippen molar-refractivity contribution in [3.63, 3.8) is 0 Å². The van der Waals surface area contributed by atoms with E-state index in [0.29, 0.717) is 18.4 Å². The van der Waals surface area contributed by atoms with E-state index in [-0.39, 0.29) is 37.2 Å². The molecule has 1 spiro atoms. The van der Waals surface area contributed by atoms with Crippen molar-refractivity contribution in [1.82, 2.24) is 0 Å². The lowest BCUT2D eigenvalue weighted by Crippen LogP contribution is -2.65. The highest BCUT2D eigenvalue weighted by Gasteiger charge is 2.70. The first-order valence-corrected chi connectivity index (χ1v) is 13.9. The third kappa shape index (κ3) is 4.76. The minimum Gasteiger partial charge on any atom is -0.506 e. The number of aliphatic hydroxyl groups excluding tert-OH is 1. The number of carbonyl (C=O) groups excluding carboxylic acids is 3. The Balaban J connectivity index is 2.04. The Morgan fingerprint density at radius 1 is 0.872 bits per heavy atom. The van der Waals surface area contributed by atoms with Gasteiger partial charge in [0.05, 0.1) is 16.6 Å². The topological polar surface area (TPSA) is 112 Å². The summed E-state index contributed by atoms with van der Waals surface area (Å²) >= 11 is 0. The first-order valence-electron chi connectivity index (χ1n) is 13.9. The summed E-state index contributed by atoms with van der Waals surface area (Å²) in [5.41, 5.74) is -4.19. The van der Waals surface area contributed by atoms with Gasteiger partial charge in [-0.3, -0.25) is 14.4 Å². The van der Waals surface area contributed by atoms with E-state index in [0.717, 1.165) is 11.1 Å². The molecule has 0 bridgehead atoms. The second kappa shape index (κ2) is 9.97. The summed E-state index contributed by atoms with van der Waals surface area (Å²) in [5.74, 6) is -3.17. The smallest absolute Gasteiger partial charge is 0.184 e. The number of Topliss-reactive ketones (excluding diaryl/α,β-unsaturated/α-hetero) is 3. The Kier molecular flexibility index (Phi) is 7.46. The minimum atomic E-state index is -1.75. The first kappa shape index (κ1) is 29.2. The summed E-state index contributed by atoms with van der Waals surface area (Å²) in [4.78, 5) is 43.8. The monoisotopic (exact) mass is 534 g/mol. The van der Waals surface area contributed by atoms with Crippen LogP contribution in [0.5, 0.6) is 0 Å². The number of hydrogen-bond acceptors (Lipinski definition) is 6. The number of benzene rings is 1. The Hall–Kier alpha value is -2.83. The van der Waals surface area contributed by atoms with Crippen LogP contribution in [0, 0.1) is 22.7 Å². The molecule has 0 amide bonds. The highest BCUT2D eigenvalue weighted by atomic mass is 16.3. The van der Waals surface area contributed by atoms with Crippen LogP contribution in [0.4, 0.5) is 0 Å². The molecule has 5 atom stereocenters. The molecule has 1 aromatic rings. The molecule has 0 aromatic heterocycles. The summed E-state index contributed by atoms with van der Waals surface area (Å²) in [6.45, 7) is 10.9. The van der Waals surface area contributed by atoms with Crippen LogP contribution in [0.15, 0.2) is 59.2 Å². The Bertz CT molecular complexity index is 1250. The minimum absolute atomic E-state index is 0.0305. The van der Waals surface area contributed by atoms with Crippen molar-refractivity contribution in [2.24, 2.45) is 22.7 Å². The van der Waals surface area contributed by atoms with Crippen molar-refractivity contribution in [3.8, 4) is 0 Å². The van der Waals surface area contributed by atoms with Crippen LogP contribution in [-0.4, -0.2) is 43.9 Å². The van der Waals surface area contributed by atoms with Gasteiger partial charge in [-0.05, 0) is 91.9 Å². The van der Waals surface area contributed by atoms with Crippen LogP contribution in [0.1, 0.15) is 85.6 Å². The zero-order valence-electron chi connectivity index (χ0n) is 24.0. The van der Waals surface area contributed by atoms with Gasteiger partial charge in [0.1, 0.15) is 16.7 Å². The summed E-state index contributed by atoms with van der Waals surface area (Å²) in [6, 6.07) is 8.42. The molecule has 0 heterocycles. The highest BCUT2D eigenvalue weighted by molar-refractivity contribution is 6.41. The van der Waals surface area contributed by atoms with Crippen molar-refractivity contribution < 1.29 is 29.7 Å². The molecule has 0 aliphatic heterocycles. The molecule has 6 nitrogen and oxygen atoms in total. The lowest BCUT2D eigenvalue weighted by Gasteiger charge is -2.54. The molecular weight excluding hydrogens is 492 g/mol. The van der Waals surface area contributed by atoms with Gasteiger partial charge in [0.15, 0.2) is 17.3 Å². The third-order valence-corrected chi connectivity index (χ3v) is 9.47. The van der Waals surface area contributed by atoms with Crippen LogP contribution in [0.2, 0.25) is 0 Å². The van der Waals surface area contributed by atoms with Gasteiger partial charge >= 0.3 is 0 Å². The Labute approximate surface area is 231 Å². The van der Waals surface area contributed by atoms with E-state index in [9.17, 15) is 29.7 Å². The van der Waals surface area contributed by atoms with Crippen molar-refractivity contribution >= 4 is 23.1 Å². The van der Waals surface area contributed by atoms with Gasteiger partial charge in [0, 0.05) is 5.56 Å². The molecule has 0 radical (unpaired) electrons. The van der Waals surface area contributed by atoms with Gasteiger partial charge < -0.3 is 15.3 Å². The van der Waals surface area contributed by atoms with Gasteiger partial charge in [0.25, 0.3) is 0 Å². The standard InChI is InChI=1S/C33H42O6/c1-20(2)12-16-32(17-13-21(3)4)27(35)25(26(34)22-10-8-7-9-11-22)28(36)33(29(32)37)18-24-23(31(6,39)19-33)14-15-30(24,5)38/h7-13,23-24,34,38-39H,14-19H2,1-6H3/b26-25+/t23-,24+,30-,31+,33+/m1/s1. The average Bonchev–Trinajstić information content (AvgIpc) is 3.17. The fourth-order valence-corrected chi connectivity index (χ4v) is 7.32. The molecule has 1 aromatic carbocycles. The maximum Gasteiger partial charge on any atom is 0.184 e. The Morgan fingerprint density at radius 2 is 1.44 bits per heavy atom. The lowest BCUT2D eigenvalue weighted by molar-refractivity contribution is -0.175. The number of aliphatic hydroxyl groups is 3. The zero-order valence-corrected chi connectivity index (χ0v) is 24.0. The van der Waals surface area contributed by atoms with Gasteiger partial charge in [-0.1, -0.05) is 53.6 Å². The molecule has 3 saturated carbocycles. The third-order valence-electron chi connectivity index (χ3n) is 9.47. The van der Waals surface area contributed by atoms with Crippen molar-refractivity contribution in [2.75, 3.05) is 0 Å². The van der Waals surface area contributed by atoms with E-state index >= 15 is 0 Å². The molecule has 0 saturated heterocycles. The van der Waals surface area contributed by atoms with Gasteiger partial charge in [-0.15, -0.1) is 0 Å². The number of fused-ring (bicyclic) bond motifs is 1. The molecule has 6 heteroatoms. The van der Waals surface area contributed by atoms with Crippen LogP contribution >= 0.6 is 0 Å². The predicted octanol–water partition coefficient (Wildman–Crippen LogP) is 5.68. The summed E-state index contributed by atoms with van der Waals surface area (Å²) in [7, 11) is 0. The summed E-state index contributed by atoms with van der Waals surface area (Å²) in [5, 5.41) is 34.5. The van der Waals surface area contributed by atoms with E-state index in [1.54, 1.807) is 44.2 Å². The summed E-state index contributed by atoms with van der Waals surface area (Å²) in [6.07, 6.45) is 4.74. The number of allylic oxidation sites excluding steroid dienone is 5. The van der Waals surface area contributed by atoms with Gasteiger partial charge in [-0.2, -0.15) is 0 Å². The summed E-state index contributed by atoms with van der Waals surface area (Å²) < 4.78 is 0. The molecule has 3 aliphatic rings. The second-order valence-electron chi connectivity index (χ2n) is 13.1. The molecule has 3 N–H and O–H groups in total. The molecule has 210 valence electrons. The van der Waals surface area contributed by atoms with E-state index in [4.69, 9.17) is 0 Å². The van der Waals surface area contributed by atoms with Gasteiger partial charge in [-0.25, -0.2) is 0 Å². The van der Waals surface area contributed by atoms with Crippen LogP contribution in [0.25, 0.3) is 5.76 Å². The number of rotatable bonds is 5. The molecule has 3 fully saturated rings. The van der Waals surface area contributed by atoms with Crippen molar-refractivity contribution in [3.05, 3.63) is 64.8 Å². The maximum atomic E-state index is 14.9. The predicted molar refractivity (Wildman–Crippen MR) is 151 cm³/mol. The highest BCUT2D eigenvalue weighted by Crippen LogP contribution is 2.62. The average molecular weight is 535 g/mol. The maximum absolute atomic E-state index is 14.9. The van der Waals surface area contributed by atoms with Crippen LogP contribution in [-0.2, 0) is 14.4 Å². The lowest BCUT2D eigenvalue weighted by atomic mass is 9.47. The molecule has 3 aliphatic carbocycles. The fourth-order valence-electron chi connectivity index (χ4n) is 7.32. The van der Waals surface area contributed by atoms with E-state index < -0.39 is 51.1 Å². The molecular formula is C33H42O6. The SMILES string of the molecule is CC(C)=CCC1(CC=C(C)C)C(=O)/C(=C(\O)c2ccccc2)C(=O)[C@@]2(C[C@H]3[C@@H](CC[C@@]3(C)O)[C@@](C)(O)C2)C1=O. The molecule has 39 heavy (non-hydrogen) atoms. The number of ketones is 3. The van der Waals surface area contributed by atoms with E-state index in [2.05, 4.69) is 0 Å². The molecule has 4 rings (SSSR count). The van der Waals surface area contributed by atoms with Gasteiger partial charge in [0.2, 0.25) is 0 Å². The van der Waals surface area contributed by atoms with Crippen LogP contribution in [0.3, 0.4) is 0 Å². The number of carbonyl (C=O) groups is 3. The van der Waals surface area contributed by atoms with Crippen molar-refractivity contribution in [2.45, 2.75) is 91.3 Å². The zero-order chi connectivity index (χ0) is 29.0. The van der Waals surface area contributed by atoms with Crippen LogP contribution < -0.4 is 0 Å². The fraction of sp³-hybridized carbons (Fsp3) is 0.545. The quantitative estimate of drug-likeness (QED) is 0.147. The van der Waals surface area contributed by atoms with E-state index in [1.165, 1.54) is 0 Å². The largest absolute Gasteiger partial charge is 0.506 e. The van der Waals surface area contributed by atoms with E-state index in [1.807, 2.05) is 39.8 Å². The Morgan fingerprint density at radius 3 is 1.97 bits per heavy atom. The molecule has 0 unspecified atom stereocenters. The normalized spacial score (nSPS) is 35.0. The second-order valence-corrected chi connectivity index (χ2v) is 13.1.